The van der Waals surface area contributed by atoms with Crippen LogP contribution in [0.4, 0.5) is 5.69 Å². The Bertz CT molecular complexity index is 759. The number of hydrogen-bond acceptors (Lipinski definition) is 4. The zero-order chi connectivity index (χ0) is 18.2. The Morgan fingerprint density at radius 3 is 2.44 bits per heavy atom. The molecule has 0 fully saturated rings. The van der Waals surface area contributed by atoms with Crippen molar-refractivity contribution in [3.05, 3.63) is 65.7 Å². The van der Waals surface area contributed by atoms with Gasteiger partial charge < -0.3 is 15.4 Å². The van der Waals surface area contributed by atoms with Crippen molar-refractivity contribution in [3.63, 3.8) is 0 Å². The summed E-state index contributed by atoms with van der Waals surface area (Å²) in [4.78, 5) is 35.2. The predicted octanol–water partition coefficient (Wildman–Crippen LogP) is 2.68. The first kappa shape index (κ1) is 18.2. The molecule has 0 spiro atoms. The van der Waals surface area contributed by atoms with Gasteiger partial charge in [0, 0.05) is 11.3 Å². The summed E-state index contributed by atoms with van der Waals surface area (Å²) in [6.07, 6.45) is -0.377. The molecule has 2 N–H and O–H groups in total. The van der Waals surface area contributed by atoms with Crippen LogP contribution in [0.15, 0.2) is 54.6 Å². The van der Waals surface area contributed by atoms with Crippen molar-refractivity contribution in [2.45, 2.75) is 19.4 Å². The molecule has 0 heterocycles. The Labute approximate surface area is 146 Å². The number of carbonyl (C=O) groups excluding carboxylic acids is 3. The minimum absolute atomic E-state index is 0.147. The van der Waals surface area contributed by atoms with E-state index in [0.29, 0.717) is 11.3 Å². The number of benzene rings is 2. The quantitative estimate of drug-likeness (QED) is 0.625. The molecule has 25 heavy (non-hydrogen) atoms. The summed E-state index contributed by atoms with van der Waals surface area (Å²) in [5, 5.41) is 5.48. The summed E-state index contributed by atoms with van der Waals surface area (Å²) in [6.45, 7) is 1.90. The maximum atomic E-state index is 12.4. The molecule has 1 atom stereocenters. The van der Waals surface area contributed by atoms with Gasteiger partial charge in [-0.25, -0.2) is 0 Å². The molecule has 0 aliphatic heterocycles. The average Bonchev–Trinajstić information content (AvgIpc) is 2.62. The van der Waals surface area contributed by atoms with E-state index in [1.54, 1.807) is 24.3 Å². The summed E-state index contributed by atoms with van der Waals surface area (Å²) in [5.74, 6) is -1.37. The summed E-state index contributed by atoms with van der Waals surface area (Å²) < 4.78 is 4.44. The van der Waals surface area contributed by atoms with E-state index in [-0.39, 0.29) is 18.4 Å². The lowest BCUT2D eigenvalue weighted by Crippen LogP contribution is -2.26. The zero-order valence-corrected chi connectivity index (χ0v) is 14.1. The molecule has 0 saturated carbocycles. The highest BCUT2D eigenvalue weighted by Crippen LogP contribution is 2.15. The van der Waals surface area contributed by atoms with Crippen LogP contribution in [0.2, 0.25) is 0 Å². The fourth-order valence-corrected chi connectivity index (χ4v) is 2.25. The van der Waals surface area contributed by atoms with Gasteiger partial charge in [0.15, 0.2) is 0 Å². The van der Waals surface area contributed by atoms with Crippen molar-refractivity contribution in [1.29, 1.82) is 0 Å². The zero-order valence-electron chi connectivity index (χ0n) is 14.1. The molecule has 2 rings (SSSR count). The third-order valence-corrected chi connectivity index (χ3v) is 3.59. The summed E-state index contributed by atoms with van der Waals surface area (Å²) in [5.41, 5.74) is 1.85. The van der Waals surface area contributed by atoms with E-state index in [9.17, 15) is 14.4 Å². The van der Waals surface area contributed by atoms with Gasteiger partial charge >= 0.3 is 5.97 Å². The Morgan fingerprint density at radius 1 is 1.04 bits per heavy atom. The lowest BCUT2D eigenvalue weighted by Gasteiger charge is -2.15. The number of rotatable bonds is 6. The average molecular weight is 340 g/mol. The smallest absolute Gasteiger partial charge is 0.315 e. The maximum Gasteiger partial charge on any atom is 0.315 e. The molecule has 0 aromatic heterocycles. The fourth-order valence-electron chi connectivity index (χ4n) is 2.25. The number of anilines is 1. The van der Waals surface area contributed by atoms with Gasteiger partial charge in [-0.05, 0) is 30.7 Å². The van der Waals surface area contributed by atoms with E-state index in [0.717, 1.165) is 5.56 Å². The maximum absolute atomic E-state index is 12.4. The fraction of sp³-hybridized carbons (Fsp3) is 0.211. The number of hydrogen-bond donors (Lipinski definition) is 2. The van der Waals surface area contributed by atoms with Crippen LogP contribution < -0.4 is 10.6 Å². The van der Waals surface area contributed by atoms with Gasteiger partial charge in [0.2, 0.25) is 5.91 Å². The molecule has 130 valence electrons. The van der Waals surface area contributed by atoms with Crippen LogP contribution in [0, 0.1) is 0 Å². The molecule has 6 heteroatoms. The van der Waals surface area contributed by atoms with Crippen LogP contribution >= 0.6 is 0 Å². The Morgan fingerprint density at radius 2 is 1.76 bits per heavy atom. The Balaban J connectivity index is 2.01. The first-order valence-electron chi connectivity index (χ1n) is 7.82. The highest BCUT2D eigenvalue weighted by Gasteiger charge is 2.13. The molecule has 0 aliphatic rings. The molecule has 2 amide bonds. The lowest BCUT2D eigenvalue weighted by atomic mass is 10.1. The summed E-state index contributed by atoms with van der Waals surface area (Å²) in [7, 11) is 1.22. The van der Waals surface area contributed by atoms with Crippen LogP contribution in [-0.2, 0) is 14.3 Å². The minimum atomic E-state index is -0.622. The topological polar surface area (TPSA) is 84.5 Å². The molecule has 0 bridgehead atoms. The first-order chi connectivity index (χ1) is 12.0. The first-order valence-corrected chi connectivity index (χ1v) is 7.82. The standard InChI is InChI=1S/C19H20N2O4/c1-13(14-7-4-3-5-8-14)20-19(24)15-9-6-10-16(11-15)21-17(22)12-18(23)25-2/h3-11,13H,12H2,1-2H3,(H,20,24)(H,21,22). The van der Waals surface area contributed by atoms with Crippen molar-refractivity contribution in [2.75, 3.05) is 12.4 Å². The largest absolute Gasteiger partial charge is 0.469 e. The van der Waals surface area contributed by atoms with Gasteiger partial charge in [0.05, 0.1) is 13.2 Å². The van der Waals surface area contributed by atoms with Gasteiger partial charge in [0.1, 0.15) is 6.42 Å². The number of amides is 2. The van der Waals surface area contributed by atoms with Crippen LogP contribution in [0.25, 0.3) is 0 Å². The number of esters is 1. The van der Waals surface area contributed by atoms with Crippen molar-refractivity contribution < 1.29 is 19.1 Å². The van der Waals surface area contributed by atoms with E-state index in [2.05, 4.69) is 15.4 Å². The summed E-state index contributed by atoms with van der Waals surface area (Å²) >= 11 is 0. The SMILES string of the molecule is COC(=O)CC(=O)Nc1cccc(C(=O)NC(C)c2ccccc2)c1. The third-order valence-electron chi connectivity index (χ3n) is 3.59. The van der Waals surface area contributed by atoms with Crippen molar-refractivity contribution in [1.82, 2.24) is 5.32 Å². The number of ether oxygens (including phenoxy) is 1. The molecule has 2 aromatic rings. The van der Waals surface area contributed by atoms with Crippen LogP contribution in [0.1, 0.15) is 35.3 Å². The van der Waals surface area contributed by atoms with Gasteiger partial charge in [-0.1, -0.05) is 36.4 Å². The van der Waals surface area contributed by atoms with Gasteiger partial charge in [-0.3, -0.25) is 14.4 Å². The number of nitrogens with one attached hydrogen (secondary N) is 2. The molecular formula is C19H20N2O4. The summed E-state index contributed by atoms with van der Waals surface area (Å²) in [6, 6.07) is 16.0. The minimum Gasteiger partial charge on any atom is -0.469 e. The van der Waals surface area contributed by atoms with E-state index in [1.165, 1.54) is 7.11 Å². The molecule has 6 nitrogen and oxygen atoms in total. The normalized spacial score (nSPS) is 11.3. The van der Waals surface area contributed by atoms with E-state index in [1.807, 2.05) is 37.3 Å². The highest BCUT2D eigenvalue weighted by molar-refractivity contribution is 6.02. The molecule has 0 saturated heterocycles. The lowest BCUT2D eigenvalue weighted by molar-refractivity contribution is -0.142. The Hall–Kier alpha value is -3.15. The Kier molecular flexibility index (Phi) is 6.28. The van der Waals surface area contributed by atoms with Crippen LogP contribution in [0.3, 0.4) is 0 Å². The van der Waals surface area contributed by atoms with E-state index >= 15 is 0 Å². The van der Waals surface area contributed by atoms with Crippen molar-refractivity contribution >= 4 is 23.5 Å². The van der Waals surface area contributed by atoms with Crippen molar-refractivity contribution in [3.8, 4) is 0 Å². The second-order valence-electron chi connectivity index (χ2n) is 5.49. The second-order valence-corrected chi connectivity index (χ2v) is 5.49. The molecule has 1 unspecified atom stereocenters. The van der Waals surface area contributed by atoms with Crippen molar-refractivity contribution in [2.24, 2.45) is 0 Å². The van der Waals surface area contributed by atoms with Crippen LogP contribution in [-0.4, -0.2) is 24.9 Å². The molecule has 0 aliphatic carbocycles. The molecular weight excluding hydrogens is 320 g/mol. The van der Waals surface area contributed by atoms with Gasteiger partial charge in [0.25, 0.3) is 5.91 Å². The molecule has 2 aromatic carbocycles. The van der Waals surface area contributed by atoms with Gasteiger partial charge in [-0.15, -0.1) is 0 Å². The highest BCUT2D eigenvalue weighted by atomic mass is 16.5. The monoisotopic (exact) mass is 340 g/mol. The van der Waals surface area contributed by atoms with E-state index < -0.39 is 11.9 Å². The second kappa shape index (κ2) is 8.63. The number of methoxy groups -OCH3 is 1. The van der Waals surface area contributed by atoms with Crippen LogP contribution in [0.5, 0.6) is 0 Å². The van der Waals surface area contributed by atoms with Gasteiger partial charge in [-0.2, -0.15) is 0 Å². The van der Waals surface area contributed by atoms with E-state index in [4.69, 9.17) is 0 Å². The third kappa shape index (κ3) is 5.46. The predicted molar refractivity (Wildman–Crippen MR) is 94.0 cm³/mol. The molecule has 0 radical (unpaired) electrons. The number of carbonyl (C=O) groups is 3.